The third-order valence-electron chi connectivity index (χ3n) is 4.82. The molecule has 0 saturated heterocycles. The van der Waals surface area contributed by atoms with Crippen molar-refractivity contribution in [2.45, 2.75) is 24.9 Å². The van der Waals surface area contributed by atoms with Crippen LogP contribution in [0.2, 0.25) is 0 Å². The first-order valence-corrected chi connectivity index (χ1v) is 8.40. The summed E-state index contributed by atoms with van der Waals surface area (Å²) in [4.78, 5) is 23.7. The highest BCUT2D eigenvalue weighted by molar-refractivity contribution is 6.03. The molecule has 0 fully saturated rings. The molecule has 0 radical (unpaired) electrons. The summed E-state index contributed by atoms with van der Waals surface area (Å²) >= 11 is 0. The predicted molar refractivity (Wildman–Crippen MR) is 94.1 cm³/mol. The molecule has 0 bridgehead atoms. The van der Waals surface area contributed by atoms with E-state index in [1.807, 2.05) is 0 Å². The molecule has 8 heteroatoms. The maximum atomic E-state index is 13.7. The maximum Gasteiger partial charge on any atom is 0.406 e. The van der Waals surface area contributed by atoms with Gasteiger partial charge >= 0.3 is 12.1 Å². The molecule has 28 heavy (non-hydrogen) atoms. The molecule has 0 aliphatic heterocycles. The highest BCUT2D eigenvalue weighted by Gasteiger charge is 2.49. The zero-order valence-electron chi connectivity index (χ0n) is 15.1. The number of alkyl halides is 3. The number of hydrogen-bond acceptors (Lipinski definition) is 4. The Bertz CT molecular complexity index is 950. The Hall–Kier alpha value is -3.03. The van der Waals surface area contributed by atoms with Gasteiger partial charge in [-0.05, 0) is 29.2 Å². The number of hydrogen-bond donors (Lipinski definition) is 1. The van der Waals surface area contributed by atoms with Crippen molar-refractivity contribution in [2.24, 2.45) is 0 Å². The summed E-state index contributed by atoms with van der Waals surface area (Å²) in [5.74, 6) is -5.28. The number of methoxy groups -OCH3 is 2. The van der Waals surface area contributed by atoms with Crippen LogP contribution in [0.15, 0.2) is 30.3 Å². The Labute approximate surface area is 158 Å². The minimum absolute atomic E-state index is 0.0135. The largest absolute Gasteiger partial charge is 0.493 e. The van der Waals surface area contributed by atoms with Crippen molar-refractivity contribution in [2.75, 3.05) is 14.2 Å². The predicted octanol–water partition coefficient (Wildman–Crippen LogP) is 4.23. The lowest BCUT2D eigenvalue weighted by Crippen LogP contribution is -2.29. The number of ketones is 1. The van der Waals surface area contributed by atoms with E-state index in [4.69, 9.17) is 9.47 Å². The van der Waals surface area contributed by atoms with Crippen LogP contribution in [0, 0.1) is 0 Å². The molecule has 1 N–H and O–H groups in total. The molecule has 0 spiro atoms. The molecule has 148 valence electrons. The molecular weight excluding hydrogens is 377 g/mol. The van der Waals surface area contributed by atoms with Crippen molar-refractivity contribution in [1.82, 2.24) is 0 Å². The zero-order valence-corrected chi connectivity index (χ0v) is 15.1. The third-order valence-corrected chi connectivity index (χ3v) is 4.82. The minimum atomic E-state index is -5.06. The van der Waals surface area contributed by atoms with Crippen molar-refractivity contribution in [3.63, 3.8) is 0 Å². The first-order chi connectivity index (χ1) is 13.2. The third kappa shape index (κ3) is 3.19. The molecule has 1 aliphatic rings. The Balaban J connectivity index is 2.38. The van der Waals surface area contributed by atoms with Crippen molar-refractivity contribution < 1.29 is 37.3 Å². The fourth-order valence-electron chi connectivity index (χ4n) is 3.64. The van der Waals surface area contributed by atoms with E-state index in [0.29, 0.717) is 23.1 Å². The van der Waals surface area contributed by atoms with Crippen molar-refractivity contribution >= 4 is 11.8 Å². The number of carbonyl (C=O) groups is 2. The van der Waals surface area contributed by atoms with Crippen LogP contribution in [0.1, 0.15) is 33.8 Å². The quantitative estimate of drug-likeness (QED) is 0.822. The lowest BCUT2D eigenvalue weighted by atomic mass is 9.86. The number of carboxylic acids is 1. The number of benzene rings is 2. The van der Waals surface area contributed by atoms with Gasteiger partial charge in [-0.15, -0.1) is 0 Å². The highest BCUT2D eigenvalue weighted by Crippen LogP contribution is 2.49. The van der Waals surface area contributed by atoms with Gasteiger partial charge in [-0.1, -0.05) is 24.3 Å². The van der Waals surface area contributed by atoms with Gasteiger partial charge in [-0.25, -0.2) is 0 Å². The average Bonchev–Trinajstić information content (AvgIpc) is 3.01. The molecule has 2 aromatic rings. The fraction of sp³-hybridized carbons (Fsp3) is 0.300. The van der Waals surface area contributed by atoms with E-state index in [1.165, 1.54) is 19.2 Å². The van der Waals surface area contributed by atoms with Gasteiger partial charge in [-0.2, -0.15) is 13.2 Å². The summed E-state index contributed by atoms with van der Waals surface area (Å²) in [6.45, 7) is 0. The van der Waals surface area contributed by atoms with Crippen LogP contribution in [-0.2, 0) is 11.2 Å². The molecular formula is C20H17F3O5. The number of ether oxygens (including phenoxy) is 2. The second-order valence-corrected chi connectivity index (χ2v) is 6.33. The monoisotopic (exact) mass is 394 g/mol. The van der Waals surface area contributed by atoms with E-state index < -0.39 is 23.6 Å². The summed E-state index contributed by atoms with van der Waals surface area (Å²) in [6, 6.07) is 7.56. The summed E-state index contributed by atoms with van der Waals surface area (Å²) < 4.78 is 51.3. The van der Waals surface area contributed by atoms with Crippen LogP contribution in [0.5, 0.6) is 11.5 Å². The standard InChI is InChI=1S/C20H17F3O5/c1-27-15-9-7-13(10-4-3-5-12-11(10)6-8-14(12)24)16(18(15)28-2)17(19(25)26)20(21,22)23/h3-5,7,9,17H,6,8H2,1-2H3,(H,25,26). The molecule has 3 rings (SSSR count). The smallest absolute Gasteiger partial charge is 0.406 e. The van der Waals surface area contributed by atoms with Crippen molar-refractivity contribution in [3.8, 4) is 22.6 Å². The van der Waals surface area contributed by atoms with Crippen LogP contribution >= 0.6 is 0 Å². The van der Waals surface area contributed by atoms with E-state index >= 15 is 0 Å². The summed E-state index contributed by atoms with van der Waals surface area (Å²) in [5.41, 5.74) is 0.933. The maximum absolute atomic E-state index is 13.7. The molecule has 0 heterocycles. The number of carboxylic acid groups (broad SMARTS) is 1. The van der Waals surface area contributed by atoms with Crippen LogP contribution in [0.3, 0.4) is 0 Å². The van der Waals surface area contributed by atoms with E-state index in [2.05, 4.69) is 0 Å². The number of rotatable bonds is 5. The van der Waals surface area contributed by atoms with Crippen molar-refractivity contribution in [3.05, 3.63) is 47.0 Å². The van der Waals surface area contributed by atoms with Gasteiger partial charge in [-0.3, -0.25) is 9.59 Å². The average molecular weight is 394 g/mol. The van der Waals surface area contributed by atoms with Gasteiger partial charge < -0.3 is 14.6 Å². The number of Topliss-reactive ketones (excluding diaryl/α,β-unsaturated/α-hetero) is 1. The molecule has 5 nitrogen and oxygen atoms in total. The van der Waals surface area contributed by atoms with Crippen LogP contribution in [0.25, 0.3) is 11.1 Å². The molecule has 0 aromatic heterocycles. The molecule has 0 saturated carbocycles. The van der Waals surface area contributed by atoms with Crippen LogP contribution < -0.4 is 9.47 Å². The SMILES string of the molecule is COc1ccc(-c2cccc3c2CCC3=O)c(C(C(=O)O)C(F)(F)F)c1OC. The van der Waals surface area contributed by atoms with E-state index in [-0.39, 0.29) is 29.3 Å². The van der Waals surface area contributed by atoms with Gasteiger partial charge in [0.15, 0.2) is 23.2 Å². The van der Waals surface area contributed by atoms with Crippen LogP contribution in [0.4, 0.5) is 13.2 Å². The highest BCUT2D eigenvalue weighted by atomic mass is 19.4. The fourth-order valence-corrected chi connectivity index (χ4v) is 3.64. The Morgan fingerprint density at radius 1 is 1.04 bits per heavy atom. The number of halogens is 3. The van der Waals surface area contributed by atoms with Gasteiger partial charge in [0.2, 0.25) is 0 Å². The molecule has 1 aliphatic carbocycles. The summed E-state index contributed by atoms with van der Waals surface area (Å²) in [6.07, 6.45) is -4.42. The number of carbonyl (C=O) groups excluding carboxylic acids is 1. The number of fused-ring (bicyclic) bond motifs is 1. The normalized spacial score (nSPS) is 14.5. The number of aliphatic carboxylic acids is 1. The Morgan fingerprint density at radius 3 is 2.29 bits per heavy atom. The molecule has 1 atom stereocenters. The summed E-state index contributed by atoms with van der Waals surface area (Å²) in [5, 5.41) is 9.38. The minimum Gasteiger partial charge on any atom is -0.493 e. The van der Waals surface area contributed by atoms with Crippen molar-refractivity contribution in [1.29, 1.82) is 0 Å². The first-order valence-electron chi connectivity index (χ1n) is 8.40. The molecule has 1 unspecified atom stereocenters. The second kappa shape index (κ2) is 7.18. The van der Waals surface area contributed by atoms with E-state index in [9.17, 15) is 27.9 Å². The van der Waals surface area contributed by atoms with Gasteiger partial charge in [0, 0.05) is 17.5 Å². The van der Waals surface area contributed by atoms with Gasteiger partial charge in [0.1, 0.15) is 0 Å². The lowest BCUT2D eigenvalue weighted by molar-refractivity contribution is -0.176. The molecule has 2 aromatic carbocycles. The van der Waals surface area contributed by atoms with Gasteiger partial charge in [0.25, 0.3) is 0 Å². The van der Waals surface area contributed by atoms with Crippen LogP contribution in [-0.4, -0.2) is 37.3 Å². The van der Waals surface area contributed by atoms with E-state index in [1.54, 1.807) is 18.2 Å². The zero-order chi connectivity index (χ0) is 20.6. The first kappa shape index (κ1) is 19.7. The van der Waals surface area contributed by atoms with Gasteiger partial charge in [0.05, 0.1) is 14.2 Å². The summed E-state index contributed by atoms with van der Waals surface area (Å²) in [7, 11) is 2.41. The topological polar surface area (TPSA) is 72.8 Å². The Kier molecular flexibility index (Phi) is 5.06. The lowest BCUT2D eigenvalue weighted by Gasteiger charge is -2.24. The Morgan fingerprint density at radius 2 is 1.71 bits per heavy atom. The van der Waals surface area contributed by atoms with E-state index in [0.717, 1.165) is 7.11 Å². The second-order valence-electron chi connectivity index (χ2n) is 6.33. The molecule has 0 amide bonds.